The van der Waals surface area contributed by atoms with Gasteiger partial charge in [0, 0.05) is 26.2 Å². The lowest BCUT2D eigenvalue weighted by Crippen LogP contribution is -2.45. The molecule has 10 nitrogen and oxygen atoms in total. The van der Waals surface area contributed by atoms with Crippen LogP contribution in [-0.4, -0.2) is 76.0 Å². The number of carbonyl (C=O) groups is 2. The Morgan fingerprint density at radius 1 is 0.932 bits per heavy atom. The molecule has 1 saturated heterocycles. The van der Waals surface area contributed by atoms with Crippen LogP contribution in [0.25, 0.3) is 0 Å². The van der Waals surface area contributed by atoms with E-state index in [4.69, 9.17) is 14.2 Å². The SMILES string of the molecule is COc1ccc(CN(C(=O)COc2ccc(S(=O)(=O)N3CCOCC3)cc2)[C@H](C(=O)NCCC(C)C)c2ccccc2)cc1. The van der Waals surface area contributed by atoms with E-state index in [1.54, 1.807) is 19.2 Å². The van der Waals surface area contributed by atoms with E-state index in [2.05, 4.69) is 19.2 Å². The second-order valence-electron chi connectivity index (χ2n) is 10.9. The number of benzene rings is 3. The van der Waals surface area contributed by atoms with Crippen molar-refractivity contribution in [2.24, 2.45) is 5.92 Å². The summed E-state index contributed by atoms with van der Waals surface area (Å²) in [7, 11) is -2.08. The van der Waals surface area contributed by atoms with Gasteiger partial charge in [-0.15, -0.1) is 0 Å². The van der Waals surface area contributed by atoms with Crippen LogP contribution in [0.3, 0.4) is 0 Å². The fourth-order valence-electron chi connectivity index (χ4n) is 4.81. The quantitative estimate of drug-likeness (QED) is 0.289. The molecule has 1 aliphatic heterocycles. The molecule has 0 bridgehead atoms. The molecule has 44 heavy (non-hydrogen) atoms. The van der Waals surface area contributed by atoms with E-state index in [0.717, 1.165) is 12.0 Å². The Morgan fingerprint density at radius 3 is 2.18 bits per heavy atom. The lowest BCUT2D eigenvalue weighted by Gasteiger charge is -2.31. The minimum atomic E-state index is -3.66. The van der Waals surface area contributed by atoms with Crippen molar-refractivity contribution in [3.63, 3.8) is 0 Å². The number of ether oxygens (including phenoxy) is 3. The number of hydrogen-bond donors (Lipinski definition) is 1. The number of rotatable bonds is 14. The van der Waals surface area contributed by atoms with Gasteiger partial charge < -0.3 is 24.4 Å². The van der Waals surface area contributed by atoms with Crippen LogP contribution in [0, 0.1) is 5.92 Å². The van der Waals surface area contributed by atoms with Crippen LogP contribution in [0.2, 0.25) is 0 Å². The highest BCUT2D eigenvalue weighted by molar-refractivity contribution is 7.89. The fourth-order valence-corrected chi connectivity index (χ4v) is 6.22. The molecule has 1 atom stereocenters. The third-order valence-corrected chi connectivity index (χ3v) is 9.24. The number of morpholine rings is 1. The van der Waals surface area contributed by atoms with Crippen molar-refractivity contribution < 1.29 is 32.2 Å². The van der Waals surface area contributed by atoms with Gasteiger partial charge in [0.2, 0.25) is 15.9 Å². The van der Waals surface area contributed by atoms with Gasteiger partial charge in [-0.3, -0.25) is 9.59 Å². The van der Waals surface area contributed by atoms with Crippen LogP contribution in [-0.2, 0) is 30.9 Å². The summed E-state index contributed by atoms with van der Waals surface area (Å²) in [5, 5.41) is 3.01. The third-order valence-electron chi connectivity index (χ3n) is 7.32. The summed E-state index contributed by atoms with van der Waals surface area (Å²) >= 11 is 0. The minimum Gasteiger partial charge on any atom is -0.497 e. The van der Waals surface area contributed by atoms with Gasteiger partial charge in [0.1, 0.15) is 17.5 Å². The number of carbonyl (C=O) groups excluding carboxylic acids is 2. The van der Waals surface area contributed by atoms with Crippen molar-refractivity contribution in [3.8, 4) is 11.5 Å². The first-order valence-corrected chi connectivity index (χ1v) is 16.2. The summed E-state index contributed by atoms with van der Waals surface area (Å²) in [6.07, 6.45) is 0.806. The molecule has 1 fully saturated rings. The Morgan fingerprint density at radius 2 is 1.57 bits per heavy atom. The van der Waals surface area contributed by atoms with Crippen molar-refractivity contribution >= 4 is 21.8 Å². The molecule has 1 aliphatic rings. The van der Waals surface area contributed by atoms with Crippen LogP contribution >= 0.6 is 0 Å². The van der Waals surface area contributed by atoms with Crippen molar-refractivity contribution in [2.45, 2.75) is 37.8 Å². The van der Waals surface area contributed by atoms with Crippen molar-refractivity contribution in [2.75, 3.05) is 46.6 Å². The number of nitrogens with one attached hydrogen (secondary N) is 1. The lowest BCUT2D eigenvalue weighted by atomic mass is 10.0. The maximum Gasteiger partial charge on any atom is 0.261 e. The van der Waals surface area contributed by atoms with Crippen molar-refractivity contribution in [3.05, 3.63) is 90.0 Å². The van der Waals surface area contributed by atoms with Gasteiger partial charge >= 0.3 is 0 Å². The molecular weight excluding hydrogens is 582 g/mol. The first-order chi connectivity index (χ1) is 21.2. The number of hydrogen-bond acceptors (Lipinski definition) is 7. The van der Waals surface area contributed by atoms with Crippen LogP contribution in [0.4, 0.5) is 0 Å². The summed E-state index contributed by atoms with van der Waals surface area (Å²) in [4.78, 5) is 29.2. The van der Waals surface area contributed by atoms with Gasteiger partial charge in [-0.1, -0.05) is 56.3 Å². The average Bonchev–Trinajstić information content (AvgIpc) is 3.04. The largest absolute Gasteiger partial charge is 0.497 e. The predicted octanol–water partition coefficient (Wildman–Crippen LogP) is 4.03. The van der Waals surface area contributed by atoms with Gasteiger partial charge in [0.25, 0.3) is 5.91 Å². The number of sulfonamides is 1. The molecule has 11 heteroatoms. The van der Waals surface area contributed by atoms with E-state index in [1.807, 2.05) is 42.5 Å². The van der Waals surface area contributed by atoms with Gasteiger partial charge in [0.15, 0.2) is 6.61 Å². The first kappa shape index (κ1) is 33.0. The second kappa shape index (κ2) is 15.7. The second-order valence-corrected chi connectivity index (χ2v) is 12.9. The highest BCUT2D eigenvalue weighted by Gasteiger charge is 2.32. The molecular formula is C33H41N3O7S. The summed E-state index contributed by atoms with van der Waals surface area (Å²) < 4.78 is 43.7. The Hall–Kier alpha value is -3.93. The van der Waals surface area contributed by atoms with Crippen LogP contribution in [0.5, 0.6) is 11.5 Å². The summed E-state index contributed by atoms with van der Waals surface area (Å²) in [5.41, 5.74) is 1.49. The Labute approximate surface area is 260 Å². The van der Waals surface area contributed by atoms with Gasteiger partial charge in [-0.25, -0.2) is 8.42 Å². The van der Waals surface area contributed by atoms with Gasteiger partial charge in [0.05, 0.1) is 25.2 Å². The summed E-state index contributed by atoms with van der Waals surface area (Å²) in [6.45, 7) is 5.77. The number of methoxy groups -OCH3 is 1. The van der Waals surface area contributed by atoms with Crippen LogP contribution in [0.15, 0.2) is 83.8 Å². The zero-order chi connectivity index (χ0) is 31.5. The lowest BCUT2D eigenvalue weighted by molar-refractivity contribution is -0.143. The molecule has 0 radical (unpaired) electrons. The molecule has 1 N–H and O–H groups in total. The molecule has 1 heterocycles. The summed E-state index contributed by atoms with van der Waals surface area (Å²) in [5.74, 6) is 0.739. The van der Waals surface area contributed by atoms with Crippen LogP contribution < -0.4 is 14.8 Å². The first-order valence-electron chi connectivity index (χ1n) is 14.7. The van der Waals surface area contributed by atoms with E-state index in [9.17, 15) is 18.0 Å². The molecule has 0 aromatic heterocycles. The predicted molar refractivity (Wildman–Crippen MR) is 167 cm³/mol. The average molecular weight is 624 g/mol. The van der Waals surface area contributed by atoms with Crippen LogP contribution in [0.1, 0.15) is 37.4 Å². The maximum atomic E-state index is 13.9. The Balaban J connectivity index is 1.55. The van der Waals surface area contributed by atoms with E-state index >= 15 is 0 Å². The van der Waals surface area contributed by atoms with Crippen molar-refractivity contribution in [1.82, 2.24) is 14.5 Å². The fraction of sp³-hybridized carbons (Fsp3) is 0.394. The molecule has 3 aromatic rings. The number of amides is 2. The zero-order valence-electron chi connectivity index (χ0n) is 25.5. The van der Waals surface area contributed by atoms with Crippen molar-refractivity contribution in [1.29, 1.82) is 0 Å². The normalized spacial score (nSPS) is 14.5. The smallest absolute Gasteiger partial charge is 0.261 e. The van der Waals surface area contributed by atoms with E-state index in [1.165, 1.54) is 33.5 Å². The molecule has 0 saturated carbocycles. The molecule has 0 unspecified atom stereocenters. The third kappa shape index (κ3) is 8.81. The molecule has 0 aliphatic carbocycles. The van der Waals surface area contributed by atoms with E-state index in [-0.39, 0.29) is 24.0 Å². The highest BCUT2D eigenvalue weighted by atomic mass is 32.2. The zero-order valence-corrected chi connectivity index (χ0v) is 26.3. The monoisotopic (exact) mass is 623 g/mol. The highest BCUT2D eigenvalue weighted by Crippen LogP contribution is 2.26. The molecule has 236 valence electrons. The van der Waals surface area contributed by atoms with E-state index in [0.29, 0.717) is 55.8 Å². The molecule has 3 aromatic carbocycles. The molecule has 2 amide bonds. The standard InChI is InChI=1S/C33H41N3O7S/c1-25(2)17-18-34-33(38)32(27-7-5-4-6-8-27)36(23-26-9-11-28(41-3)12-10-26)31(37)24-43-29-13-15-30(16-14-29)44(39,40)35-19-21-42-22-20-35/h4-16,25,32H,17-24H2,1-3H3,(H,34,38)/t32-/m0/s1. The van der Waals surface area contributed by atoms with Gasteiger partial charge in [-0.2, -0.15) is 4.31 Å². The molecule has 4 rings (SSSR count). The van der Waals surface area contributed by atoms with Gasteiger partial charge in [-0.05, 0) is 59.9 Å². The summed E-state index contributed by atoms with van der Waals surface area (Å²) in [6, 6.07) is 21.6. The maximum absolute atomic E-state index is 13.9. The topological polar surface area (TPSA) is 114 Å². The van der Waals surface area contributed by atoms with E-state index < -0.39 is 22.0 Å². The molecule has 0 spiro atoms. The Kier molecular flexibility index (Phi) is 11.8. The minimum absolute atomic E-state index is 0.140. The number of nitrogens with zero attached hydrogens (tertiary/aromatic N) is 2. The Bertz CT molecular complexity index is 1460.